The molecule has 1 saturated carbocycles. The third-order valence-corrected chi connectivity index (χ3v) is 4.59. The molecule has 1 fully saturated rings. The maximum absolute atomic E-state index is 5.95. The standard InChI is InChI=1S/C9H11Br2NO/c1-9(2)6(7(9)12)5-3-4(10)8(11)13-5/h3,6-7H,12H2,1-2H3. The van der Waals surface area contributed by atoms with E-state index in [0.717, 1.165) is 14.9 Å². The third-order valence-electron chi connectivity index (χ3n) is 2.88. The van der Waals surface area contributed by atoms with E-state index in [1.165, 1.54) is 0 Å². The lowest BCUT2D eigenvalue weighted by Crippen LogP contribution is -2.06. The summed E-state index contributed by atoms with van der Waals surface area (Å²) >= 11 is 6.70. The number of rotatable bonds is 1. The molecule has 0 saturated heterocycles. The summed E-state index contributed by atoms with van der Waals surface area (Å²) in [6.45, 7) is 4.32. The minimum atomic E-state index is 0.177. The Labute approximate surface area is 94.1 Å². The minimum absolute atomic E-state index is 0.177. The number of hydrogen-bond acceptors (Lipinski definition) is 2. The van der Waals surface area contributed by atoms with Gasteiger partial charge in [0.05, 0.1) is 4.47 Å². The topological polar surface area (TPSA) is 39.2 Å². The van der Waals surface area contributed by atoms with Crippen LogP contribution >= 0.6 is 31.9 Å². The average molecular weight is 309 g/mol. The van der Waals surface area contributed by atoms with Gasteiger partial charge in [0, 0.05) is 12.0 Å². The molecule has 1 aliphatic rings. The monoisotopic (exact) mass is 307 g/mol. The normalized spacial score (nSPS) is 30.5. The Hall–Kier alpha value is 0.200. The van der Waals surface area contributed by atoms with Crippen LogP contribution in [0.3, 0.4) is 0 Å². The van der Waals surface area contributed by atoms with Gasteiger partial charge in [0.1, 0.15) is 5.76 Å². The van der Waals surface area contributed by atoms with E-state index < -0.39 is 0 Å². The smallest absolute Gasteiger partial charge is 0.183 e. The molecule has 2 N–H and O–H groups in total. The Morgan fingerprint density at radius 2 is 2.00 bits per heavy atom. The van der Waals surface area contributed by atoms with Crippen LogP contribution in [0, 0.1) is 5.41 Å². The first-order valence-electron chi connectivity index (χ1n) is 4.15. The fourth-order valence-electron chi connectivity index (χ4n) is 1.74. The largest absolute Gasteiger partial charge is 0.453 e. The molecule has 1 aromatic heterocycles. The van der Waals surface area contributed by atoms with Crippen LogP contribution in [0.4, 0.5) is 0 Å². The van der Waals surface area contributed by atoms with E-state index in [2.05, 4.69) is 45.7 Å². The fraction of sp³-hybridized carbons (Fsp3) is 0.556. The molecule has 13 heavy (non-hydrogen) atoms. The van der Waals surface area contributed by atoms with Crippen molar-refractivity contribution in [2.24, 2.45) is 11.1 Å². The lowest BCUT2D eigenvalue weighted by molar-refractivity contribution is 0.464. The molecule has 2 atom stereocenters. The highest BCUT2D eigenvalue weighted by Gasteiger charge is 2.58. The minimum Gasteiger partial charge on any atom is -0.453 e. The summed E-state index contributed by atoms with van der Waals surface area (Å²) in [4.78, 5) is 0. The molecule has 2 nitrogen and oxygen atoms in total. The molecule has 1 aliphatic carbocycles. The van der Waals surface area contributed by atoms with Crippen molar-refractivity contribution in [3.8, 4) is 0 Å². The maximum Gasteiger partial charge on any atom is 0.183 e. The van der Waals surface area contributed by atoms with Crippen molar-refractivity contribution < 1.29 is 4.42 Å². The Kier molecular flexibility index (Phi) is 2.13. The van der Waals surface area contributed by atoms with Gasteiger partial charge >= 0.3 is 0 Å². The molecular weight excluding hydrogens is 298 g/mol. The van der Waals surface area contributed by atoms with Gasteiger partial charge in [0.15, 0.2) is 4.67 Å². The second kappa shape index (κ2) is 2.84. The van der Waals surface area contributed by atoms with Gasteiger partial charge in [-0.3, -0.25) is 0 Å². The van der Waals surface area contributed by atoms with Crippen LogP contribution in [0.25, 0.3) is 0 Å². The van der Waals surface area contributed by atoms with E-state index in [9.17, 15) is 0 Å². The van der Waals surface area contributed by atoms with Gasteiger partial charge < -0.3 is 10.2 Å². The molecule has 0 spiro atoms. The Morgan fingerprint density at radius 3 is 2.31 bits per heavy atom. The van der Waals surface area contributed by atoms with Crippen LogP contribution in [0.15, 0.2) is 19.6 Å². The maximum atomic E-state index is 5.95. The zero-order chi connectivity index (χ0) is 9.80. The summed E-state index contributed by atoms with van der Waals surface area (Å²) in [5, 5.41) is 0. The van der Waals surface area contributed by atoms with Gasteiger partial charge in [-0.2, -0.15) is 0 Å². The first-order valence-corrected chi connectivity index (χ1v) is 5.73. The first kappa shape index (κ1) is 9.74. The molecule has 0 aromatic carbocycles. The van der Waals surface area contributed by atoms with Crippen molar-refractivity contribution in [2.45, 2.75) is 25.8 Å². The molecule has 4 heteroatoms. The quantitative estimate of drug-likeness (QED) is 0.865. The van der Waals surface area contributed by atoms with Crippen LogP contribution in [0.1, 0.15) is 25.5 Å². The SMILES string of the molecule is CC1(C)C(N)C1c1cc(Br)c(Br)o1. The van der Waals surface area contributed by atoms with Crippen LogP contribution in [0.2, 0.25) is 0 Å². The van der Waals surface area contributed by atoms with E-state index in [4.69, 9.17) is 10.2 Å². The van der Waals surface area contributed by atoms with E-state index in [0.29, 0.717) is 5.92 Å². The second-order valence-electron chi connectivity index (χ2n) is 4.10. The predicted molar refractivity (Wildman–Crippen MR) is 58.6 cm³/mol. The van der Waals surface area contributed by atoms with Crippen molar-refractivity contribution in [3.05, 3.63) is 21.0 Å². The molecule has 0 bridgehead atoms. The van der Waals surface area contributed by atoms with Crippen LogP contribution < -0.4 is 5.73 Å². The molecule has 0 amide bonds. The summed E-state index contributed by atoms with van der Waals surface area (Å²) in [6, 6.07) is 2.21. The Balaban J connectivity index is 2.29. The van der Waals surface area contributed by atoms with Crippen LogP contribution in [-0.4, -0.2) is 6.04 Å². The molecule has 2 rings (SSSR count). The van der Waals surface area contributed by atoms with Gasteiger partial charge in [-0.25, -0.2) is 0 Å². The molecule has 1 heterocycles. The number of nitrogens with two attached hydrogens (primary N) is 1. The Morgan fingerprint density at radius 1 is 1.46 bits per heavy atom. The summed E-state index contributed by atoms with van der Waals surface area (Å²) in [5.41, 5.74) is 6.12. The highest BCUT2D eigenvalue weighted by Crippen LogP contribution is 2.58. The van der Waals surface area contributed by atoms with Gasteiger partial charge in [0.25, 0.3) is 0 Å². The van der Waals surface area contributed by atoms with Crippen molar-refractivity contribution in [1.82, 2.24) is 0 Å². The van der Waals surface area contributed by atoms with E-state index in [1.54, 1.807) is 0 Å². The van der Waals surface area contributed by atoms with Crippen molar-refractivity contribution in [3.63, 3.8) is 0 Å². The second-order valence-corrected chi connectivity index (χ2v) is 5.67. The molecule has 1 aromatic rings. The molecular formula is C9H11Br2NO. The summed E-state index contributed by atoms with van der Waals surface area (Å²) in [7, 11) is 0. The predicted octanol–water partition coefficient (Wildman–Crippen LogP) is 3.26. The number of hydrogen-bond donors (Lipinski definition) is 1. The zero-order valence-electron chi connectivity index (χ0n) is 7.47. The number of furan rings is 1. The highest BCUT2D eigenvalue weighted by atomic mass is 79.9. The van der Waals surface area contributed by atoms with E-state index in [-0.39, 0.29) is 11.5 Å². The summed E-state index contributed by atoms with van der Waals surface area (Å²) in [5.74, 6) is 1.33. The molecule has 2 unspecified atom stereocenters. The van der Waals surface area contributed by atoms with Crippen molar-refractivity contribution >= 4 is 31.9 Å². The van der Waals surface area contributed by atoms with Crippen molar-refractivity contribution in [2.75, 3.05) is 0 Å². The fourth-order valence-corrected chi connectivity index (χ4v) is 2.35. The molecule has 0 aliphatic heterocycles. The summed E-state index contributed by atoms with van der Waals surface area (Å²) < 4.78 is 7.24. The van der Waals surface area contributed by atoms with E-state index in [1.807, 2.05) is 6.07 Å². The van der Waals surface area contributed by atoms with Gasteiger partial charge in [-0.1, -0.05) is 13.8 Å². The van der Waals surface area contributed by atoms with Gasteiger partial charge in [0.2, 0.25) is 0 Å². The molecule has 72 valence electrons. The van der Waals surface area contributed by atoms with Crippen LogP contribution in [0.5, 0.6) is 0 Å². The Bertz CT molecular complexity index is 326. The van der Waals surface area contributed by atoms with Crippen LogP contribution in [-0.2, 0) is 0 Å². The lowest BCUT2D eigenvalue weighted by atomic mass is 10.1. The highest BCUT2D eigenvalue weighted by molar-refractivity contribution is 9.13. The summed E-state index contributed by atoms with van der Waals surface area (Å²) in [6.07, 6.45) is 0. The first-order chi connectivity index (χ1) is 5.94. The van der Waals surface area contributed by atoms with Gasteiger partial charge in [-0.15, -0.1) is 0 Å². The van der Waals surface area contributed by atoms with Gasteiger partial charge in [-0.05, 0) is 43.3 Å². The zero-order valence-corrected chi connectivity index (χ0v) is 10.6. The lowest BCUT2D eigenvalue weighted by Gasteiger charge is -1.97. The third kappa shape index (κ3) is 1.39. The average Bonchev–Trinajstić information content (AvgIpc) is 2.34. The van der Waals surface area contributed by atoms with E-state index >= 15 is 0 Å². The number of halogens is 2. The van der Waals surface area contributed by atoms with Crippen molar-refractivity contribution in [1.29, 1.82) is 0 Å². The molecule has 0 radical (unpaired) electrons.